The summed E-state index contributed by atoms with van der Waals surface area (Å²) in [5.41, 5.74) is -2.16. The molecule has 0 radical (unpaired) electrons. The second kappa shape index (κ2) is 15.6. The number of methoxy groups -OCH3 is 1. The molecule has 1 aliphatic carbocycles. The number of rotatable bonds is 8. The van der Waals surface area contributed by atoms with Gasteiger partial charge < -0.3 is 49.2 Å². The maximum atomic E-state index is 14.2. The van der Waals surface area contributed by atoms with E-state index in [0.717, 1.165) is 12.8 Å². The van der Waals surface area contributed by atoms with Crippen molar-refractivity contribution in [2.45, 2.75) is 147 Å². The number of alkyl carbamates (subject to hydrolysis) is 1. The Bertz CT molecular complexity index is 1140. The van der Waals surface area contributed by atoms with E-state index in [1.807, 2.05) is 46.8 Å². The van der Waals surface area contributed by atoms with Crippen molar-refractivity contribution in [1.82, 2.24) is 20.4 Å². The summed E-state index contributed by atoms with van der Waals surface area (Å²) in [7, 11) is 7.45. The van der Waals surface area contributed by atoms with Crippen molar-refractivity contribution in [1.29, 1.82) is 0 Å². The van der Waals surface area contributed by atoms with Crippen LogP contribution in [0.25, 0.3) is 0 Å². The number of fused-ring (bicyclic) bond motifs is 1. The molecule has 0 aromatic heterocycles. The number of amides is 1. The van der Waals surface area contributed by atoms with E-state index in [4.69, 9.17) is 23.7 Å². The van der Waals surface area contributed by atoms with Crippen LogP contribution in [0.1, 0.15) is 80.6 Å². The molecule has 4 aliphatic rings. The second-order valence-electron chi connectivity index (χ2n) is 15.6. The van der Waals surface area contributed by atoms with Gasteiger partial charge in [-0.25, -0.2) is 4.79 Å². The predicted molar refractivity (Wildman–Crippen MR) is 179 cm³/mol. The van der Waals surface area contributed by atoms with Gasteiger partial charge in [-0.1, -0.05) is 20.8 Å². The summed E-state index contributed by atoms with van der Waals surface area (Å²) in [6.45, 7) is 14.2. The zero-order valence-electron chi connectivity index (χ0n) is 31.0. The Kier molecular flexibility index (Phi) is 12.6. The molecule has 13 atom stereocenters. The predicted octanol–water partition coefficient (Wildman–Crippen LogP) is 2.33. The molecule has 4 fully saturated rings. The first-order valence-electron chi connectivity index (χ1n) is 17.8. The number of ether oxygens (including phenoxy) is 5. The Morgan fingerprint density at radius 1 is 1.12 bits per heavy atom. The summed E-state index contributed by atoms with van der Waals surface area (Å²) in [5, 5.41) is 18.1. The summed E-state index contributed by atoms with van der Waals surface area (Å²) < 4.78 is 31.3. The van der Waals surface area contributed by atoms with Crippen molar-refractivity contribution in [3.05, 3.63) is 0 Å². The third-order valence-corrected chi connectivity index (χ3v) is 11.4. The summed E-state index contributed by atoms with van der Waals surface area (Å²) in [4.78, 5) is 44.7. The van der Waals surface area contributed by atoms with Gasteiger partial charge in [0, 0.05) is 44.2 Å². The quantitative estimate of drug-likeness (QED) is 0.255. The lowest BCUT2D eigenvalue weighted by atomic mass is 9.78. The summed E-state index contributed by atoms with van der Waals surface area (Å²) in [6, 6.07) is -0.390. The fourth-order valence-electron chi connectivity index (χ4n) is 8.12. The molecule has 0 bridgehead atoms. The molecule has 0 aromatic carbocycles. The minimum absolute atomic E-state index is 0.0460. The third kappa shape index (κ3) is 8.35. The lowest BCUT2D eigenvalue weighted by molar-refractivity contribution is -0.297. The van der Waals surface area contributed by atoms with Crippen molar-refractivity contribution >= 4 is 17.8 Å². The molecular weight excluding hydrogens is 620 g/mol. The van der Waals surface area contributed by atoms with Gasteiger partial charge in [-0.15, -0.1) is 0 Å². The third-order valence-electron chi connectivity index (χ3n) is 11.4. The Labute approximate surface area is 287 Å². The molecular formula is C35H62N4O9. The number of nitrogens with zero attached hydrogens (tertiary/aromatic N) is 2. The maximum Gasteiger partial charge on any atom is 0.408 e. The Morgan fingerprint density at radius 2 is 1.79 bits per heavy atom. The normalized spacial score (nSPS) is 43.9. The first-order valence-corrected chi connectivity index (χ1v) is 17.8. The highest BCUT2D eigenvalue weighted by atomic mass is 16.7. The number of carbonyl (C=O) groups excluding carboxylic acids is 3. The largest absolute Gasteiger partial charge is 0.458 e. The first-order chi connectivity index (χ1) is 22.4. The fourth-order valence-corrected chi connectivity index (χ4v) is 8.12. The highest BCUT2D eigenvalue weighted by molar-refractivity contribution is 6.00. The lowest BCUT2D eigenvalue weighted by Crippen LogP contribution is -2.60. The van der Waals surface area contributed by atoms with Gasteiger partial charge in [0.2, 0.25) is 0 Å². The molecule has 13 nitrogen and oxygen atoms in total. The fraction of sp³-hybridized carbons (Fsp3) is 0.914. The number of carbonyl (C=O) groups is 3. The highest BCUT2D eigenvalue weighted by Crippen LogP contribution is 2.38. The number of hydrogen-bond donors (Lipinski definition) is 3. The van der Waals surface area contributed by atoms with E-state index in [1.54, 1.807) is 27.9 Å². The van der Waals surface area contributed by atoms with Crippen molar-refractivity contribution in [3.8, 4) is 0 Å². The van der Waals surface area contributed by atoms with Gasteiger partial charge in [0.1, 0.15) is 18.1 Å². The van der Waals surface area contributed by atoms with Gasteiger partial charge >= 0.3 is 12.1 Å². The van der Waals surface area contributed by atoms with Crippen molar-refractivity contribution < 1.29 is 43.2 Å². The lowest BCUT2D eigenvalue weighted by Gasteiger charge is -2.47. The zero-order valence-corrected chi connectivity index (χ0v) is 31.0. The molecule has 0 aromatic rings. The van der Waals surface area contributed by atoms with Gasteiger partial charge in [-0.05, 0) is 86.9 Å². The van der Waals surface area contributed by atoms with E-state index in [1.165, 1.54) is 0 Å². The molecule has 0 spiro atoms. The number of nitrogens with one attached hydrogen (secondary N) is 2. The van der Waals surface area contributed by atoms with Crippen LogP contribution in [0.2, 0.25) is 0 Å². The van der Waals surface area contributed by atoms with Crippen LogP contribution in [0, 0.1) is 17.8 Å². The zero-order chi connectivity index (χ0) is 35.7. The number of likely N-dealkylation sites (N-methyl/N-ethyl adjacent to an activating group) is 2. The van der Waals surface area contributed by atoms with Gasteiger partial charge in [0.15, 0.2) is 17.7 Å². The molecule has 3 aliphatic heterocycles. The van der Waals surface area contributed by atoms with Gasteiger partial charge in [-0.2, -0.15) is 0 Å². The monoisotopic (exact) mass is 682 g/mol. The summed E-state index contributed by atoms with van der Waals surface area (Å²) >= 11 is 0. The van der Waals surface area contributed by atoms with E-state index in [2.05, 4.69) is 22.5 Å². The number of hydrogen-bond acceptors (Lipinski definition) is 12. The van der Waals surface area contributed by atoms with Crippen molar-refractivity contribution in [2.24, 2.45) is 17.8 Å². The summed E-state index contributed by atoms with van der Waals surface area (Å²) in [5.74, 6) is -3.00. The number of esters is 1. The van der Waals surface area contributed by atoms with E-state index in [-0.39, 0.29) is 29.9 Å². The van der Waals surface area contributed by atoms with E-state index in [9.17, 15) is 19.5 Å². The number of Topliss-reactive ketones (excluding diaryl/α,β-unsaturated/α-hetero) is 1. The van der Waals surface area contributed by atoms with E-state index >= 15 is 0 Å². The molecule has 3 N–H and O–H groups in total. The number of aliphatic hydroxyl groups is 1. The van der Waals surface area contributed by atoms with Crippen LogP contribution in [-0.2, 0) is 33.3 Å². The van der Waals surface area contributed by atoms with Crippen LogP contribution in [0.5, 0.6) is 0 Å². The molecule has 3 heterocycles. The number of ketones is 1. The first kappa shape index (κ1) is 38.9. The Hall–Kier alpha value is -1.87. The van der Waals surface area contributed by atoms with Gasteiger partial charge in [-0.3, -0.25) is 9.59 Å². The average Bonchev–Trinajstić information content (AvgIpc) is 3.81. The maximum absolute atomic E-state index is 14.2. The molecule has 276 valence electrons. The van der Waals surface area contributed by atoms with Crippen LogP contribution in [-0.4, -0.2) is 140 Å². The van der Waals surface area contributed by atoms with Crippen molar-refractivity contribution in [2.75, 3.05) is 41.3 Å². The van der Waals surface area contributed by atoms with Crippen LogP contribution in [0.3, 0.4) is 0 Å². The van der Waals surface area contributed by atoms with Crippen LogP contribution in [0.4, 0.5) is 4.79 Å². The molecule has 4 rings (SSSR count). The minimum atomic E-state index is -1.15. The van der Waals surface area contributed by atoms with Crippen LogP contribution >= 0.6 is 0 Å². The smallest absolute Gasteiger partial charge is 0.408 e. The molecule has 1 saturated carbocycles. The second-order valence-corrected chi connectivity index (χ2v) is 15.6. The van der Waals surface area contributed by atoms with E-state index < -0.39 is 65.7 Å². The standard InChI is InChI=1S/C35H62N4O9/c1-12-26-35(7)29(37-33(43)48-35)22(5)39(10)18-19(2)16-34(6,44-11)30(20(3)27(40)21(4)31(42)46-26)47-32-28(41)25(38(8)9)15-24(45-32)17-36-23-13-14-23/h19-26,28-30,32,36,41H,12-18H2,1-11H3,(H,37,43)/t19-,20+,21?,22-,24+,25+,26-,28-,29-,30-,32+,34-,35-/m1/s1. The minimum Gasteiger partial charge on any atom is -0.458 e. The van der Waals surface area contributed by atoms with Crippen LogP contribution in [0.15, 0.2) is 0 Å². The Morgan fingerprint density at radius 3 is 2.38 bits per heavy atom. The topological polar surface area (TPSA) is 148 Å². The van der Waals surface area contributed by atoms with Gasteiger partial charge in [0.05, 0.1) is 23.9 Å². The van der Waals surface area contributed by atoms with Gasteiger partial charge in [0.25, 0.3) is 0 Å². The average molecular weight is 683 g/mol. The molecule has 3 saturated heterocycles. The molecule has 1 unspecified atom stereocenters. The molecule has 48 heavy (non-hydrogen) atoms. The Balaban J connectivity index is 1.69. The number of cyclic esters (lactones) is 1. The molecule has 1 amide bonds. The molecule has 13 heteroatoms. The van der Waals surface area contributed by atoms with E-state index in [0.29, 0.717) is 38.4 Å². The van der Waals surface area contributed by atoms with Crippen molar-refractivity contribution in [3.63, 3.8) is 0 Å². The SMILES string of the molecule is CC[C@H]1OC(=O)C(C)C(=O)[C@H](C)[C@@H](O[C@@H]2O[C@H](CNC3CC3)C[C@H](N(C)C)[C@H]2O)[C@](C)(OC)C[C@@H](C)CN(C)[C@H](C)[C@H]2NC(=O)O[C@@]21C. The van der Waals surface area contributed by atoms with Crippen LogP contribution < -0.4 is 10.6 Å². The number of aliphatic hydroxyl groups excluding tert-OH is 1. The summed E-state index contributed by atoms with van der Waals surface area (Å²) in [6.07, 6.45) is -0.645. The highest BCUT2D eigenvalue weighted by Gasteiger charge is 2.56.